The summed E-state index contributed by atoms with van der Waals surface area (Å²) in [5, 5.41) is 0. The zero-order valence-electron chi connectivity index (χ0n) is 14.2. The second-order valence-electron chi connectivity index (χ2n) is 6.44. The van der Waals surface area contributed by atoms with Crippen LogP contribution in [0.4, 0.5) is 10.1 Å². The van der Waals surface area contributed by atoms with E-state index in [-0.39, 0.29) is 23.5 Å². The van der Waals surface area contributed by atoms with Gasteiger partial charge in [-0.3, -0.25) is 9.78 Å². The molecule has 1 aliphatic rings. The summed E-state index contributed by atoms with van der Waals surface area (Å²) < 4.78 is 14.0. The number of H-pyrrole nitrogens is 2. The Labute approximate surface area is 148 Å². The fourth-order valence-corrected chi connectivity index (χ4v) is 3.39. The van der Waals surface area contributed by atoms with Gasteiger partial charge in [-0.1, -0.05) is 12.1 Å². The molecule has 1 fully saturated rings. The number of para-hydroxylation sites is 1. The van der Waals surface area contributed by atoms with Crippen molar-refractivity contribution in [2.75, 3.05) is 24.5 Å². The van der Waals surface area contributed by atoms with Crippen molar-refractivity contribution in [2.24, 2.45) is 0 Å². The Morgan fingerprint density at radius 1 is 1.27 bits per heavy atom. The van der Waals surface area contributed by atoms with Gasteiger partial charge in [0.25, 0.3) is 5.91 Å². The summed E-state index contributed by atoms with van der Waals surface area (Å²) in [7, 11) is 0. The van der Waals surface area contributed by atoms with Crippen LogP contribution in [-0.4, -0.2) is 51.4 Å². The highest BCUT2D eigenvalue weighted by atomic mass is 19.1. The van der Waals surface area contributed by atoms with Gasteiger partial charge in [0.2, 0.25) is 0 Å². The highest BCUT2D eigenvalue weighted by molar-refractivity contribution is 5.96. The molecule has 0 bridgehead atoms. The van der Waals surface area contributed by atoms with Gasteiger partial charge in [0.1, 0.15) is 5.82 Å². The van der Waals surface area contributed by atoms with Gasteiger partial charge in [-0.2, -0.15) is 0 Å². The second kappa shape index (κ2) is 6.29. The summed E-state index contributed by atoms with van der Waals surface area (Å²) in [5.41, 5.74) is 1.53. The van der Waals surface area contributed by atoms with E-state index < -0.39 is 0 Å². The van der Waals surface area contributed by atoms with E-state index in [0.717, 1.165) is 0 Å². The summed E-state index contributed by atoms with van der Waals surface area (Å²) in [4.78, 5) is 37.2. The molecule has 1 amide bonds. The van der Waals surface area contributed by atoms with Crippen LogP contribution in [0.5, 0.6) is 0 Å². The average Bonchev–Trinajstić information content (AvgIpc) is 3.00. The Morgan fingerprint density at radius 3 is 2.85 bits per heavy atom. The monoisotopic (exact) mass is 355 g/mol. The first-order valence-electron chi connectivity index (χ1n) is 8.41. The van der Waals surface area contributed by atoms with Gasteiger partial charge in [-0.05, 0) is 25.1 Å². The lowest BCUT2D eigenvalue weighted by Gasteiger charge is -2.41. The number of hydrogen-bond acceptors (Lipinski definition) is 4. The predicted molar refractivity (Wildman–Crippen MR) is 95.8 cm³/mol. The van der Waals surface area contributed by atoms with Crippen LogP contribution in [0.15, 0.2) is 41.3 Å². The van der Waals surface area contributed by atoms with E-state index in [1.165, 1.54) is 12.3 Å². The van der Waals surface area contributed by atoms with E-state index in [2.05, 4.69) is 15.0 Å². The van der Waals surface area contributed by atoms with Crippen molar-refractivity contribution in [3.8, 4) is 0 Å². The van der Waals surface area contributed by atoms with E-state index >= 15 is 0 Å². The maximum atomic E-state index is 14.0. The lowest BCUT2D eigenvalue weighted by atomic mass is 10.1. The summed E-state index contributed by atoms with van der Waals surface area (Å²) in [6.45, 7) is 3.52. The molecule has 7 nitrogen and oxygen atoms in total. The number of aromatic nitrogens is 3. The van der Waals surface area contributed by atoms with E-state index in [4.69, 9.17) is 0 Å². The van der Waals surface area contributed by atoms with Gasteiger partial charge in [0, 0.05) is 31.9 Å². The molecule has 0 aliphatic carbocycles. The number of rotatable bonds is 2. The molecule has 1 unspecified atom stereocenters. The number of aromatic amines is 2. The van der Waals surface area contributed by atoms with E-state index in [1.807, 2.05) is 11.8 Å². The molecule has 3 aromatic rings. The standard InChI is InChI=1S/C18H18FN5O2/c1-11-10-23(15-5-3-2-4-13(15)19)6-7-24(11)17(25)12-8-14-16(20-9-12)22-18(26)21-14/h2-5,8-9,11H,6-7,10H2,1H3,(H2,20,21,22,26). The van der Waals surface area contributed by atoms with Crippen LogP contribution in [0.2, 0.25) is 0 Å². The third kappa shape index (κ3) is 2.83. The van der Waals surface area contributed by atoms with Crippen molar-refractivity contribution in [1.82, 2.24) is 19.9 Å². The minimum atomic E-state index is -0.357. The number of anilines is 1. The number of pyridine rings is 1. The van der Waals surface area contributed by atoms with E-state index in [1.54, 1.807) is 29.2 Å². The summed E-state index contributed by atoms with van der Waals surface area (Å²) in [5.74, 6) is -0.410. The molecule has 134 valence electrons. The zero-order chi connectivity index (χ0) is 18.3. The summed E-state index contributed by atoms with van der Waals surface area (Å²) in [6, 6.07) is 8.20. The maximum Gasteiger partial charge on any atom is 0.325 e. The molecule has 4 rings (SSSR count). The van der Waals surface area contributed by atoms with E-state index in [0.29, 0.717) is 42.0 Å². The minimum absolute atomic E-state index is 0.0863. The molecule has 1 aliphatic heterocycles. The highest BCUT2D eigenvalue weighted by Gasteiger charge is 2.29. The number of halogens is 1. The number of carbonyl (C=O) groups is 1. The maximum absolute atomic E-state index is 14.0. The van der Waals surface area contributed by atoms with Crippen LogP contribution < -0.4 is 10.6 Å². The number of nitrogens with zero attached hydrogens (tertiary/aromatic N) is 3. The van der Waals surface area contributed by atoms with Crippen LogP contribution in [0.1, 0.15) is 17.3 Å². The SMILES string of the molecule is CC1CN(c2ccccc2F)CCN1C(=O)c1cnc2[nH]c(=O)[nH]c2c1. The number of carbonyl (C=O) groups excluding carboxylic acids is 1. The Bertz CT molecular complexity index is 1030. The van der Waals surface area contributed by atoms with Gasteiger partial charge >= 0.3 is 5.69 Å². The molecule has 1 atom stereocenters. The lowest BCUT2D eigenvalue weighted by Crippen LogP contribution is -2.54. The third-order valence-electron chi connectivity index (χ3n) is 4.70. The Kier molecular flexibility index (Phi) is 3.95. The zero-order valence-corrected chi connectivity index (χ0v) is 14.2. The predicted octanol–water partition coefficient (Wildman–Crippen LogP) is 1.74. The van der Waals surface area contributed by atoms with Gasteiger partial charge < -0.3 is 14.8 Å². The van der Waals surface area contributed by atoms with Crippen LogP contribution in [-0.2, 0) is 0 Å². The van der Waals surface area contributed by atoms with Crippen molar-refractivity contribution in [2.45, 2.75) is 13.0 Å². The lowest BCUT2D eigenvalue weighted by molar-refractivity contribution is 0.0673. The highest BCUT2D eigenvalue weighted by Crippen LogP contribution is 2.23. The van der Waals surface area contributed by atoms with Gasteiger partial charge in [0.05, 0.1) is 16.8 Å². The normalized spacial score (nSPS) is 17.7. The minimum Gasteiger partial charge on any atom is -0.365 e. The number of nitrogens with one attached hydrogen (secondary N) is 2. The molecule has 0 saturated carbocycles. The van der Waals surface area contributed by atoms with Crippen LogP contribution in [0, 0.1) is 5.82 Å². The number of fused-ring (bicyclic) bond motifs is 1. The molecule has 3 heterocycles. The molecule has 1 aromatic carbocycles. The summed E-state index contributed by atoms with van der Waals surface area (Å²) >= 11 is 0. The fraction of sp³-hybridized carbons (Fsp3) is 0.278. The fourth-order valence-electron chi connectivity index (χ4n) is 3.39. The molecule has 2 N–H and O–H groups in total. The largest absolute Gasteiger partial charge is 0.365 e. The molecule has 0 spiro atoms. The smallest absolute Gasteiger partial charge is 0.325 e. The Hall–Kier alpha value is -3.16. The quantitative estimate of drug-likeness (QED) is 0.733. The first-order valence-corrected chi connectivity index (χ1v) is 8.41. The molecule has 0 radical (unpaired) electrons. The molecule has 26 heavy (non-hydrogen) atoms. The average molecular weight is 355 g/mol. The molecular weight excluding hydrogens is 337 g/mol. The van der Waals surface area contributed by atoms with Gasteiger partial charge in [-0.25, -0.2) is 14.2 Å². The first-order chi connectivity index (χ1) is 12.5. The number of piperazine rings is 1. The Balaban J connectivity index is 1.54. The molecular formula is C18H18FN5O2. The Morgan fingerprint density at radius 2 is 2.08 bits per heavy atom. The van der Waals surface area contributed by atoms with Crippen LogP contribution in [0.3, 0.4) is 0 Å². The van der Waals surface area contributed by atoms with Crippen molar-refractivity contribution in [3.63, 3.8) is 0 Å². The van der Waals surface area contributed by atoms with Gasteiger partial charge in [0.15, 0.2) is 5.65 Å². The van der Waals surface area contributed by atoms with Gasteiger partial charge in [-0.15, -0.1) is 0 Å². The van der Waals surface area contributed by atoms with Crippen molar-refractivity contribution in [1.29, 1.82) is 0 Å². The van der Waals surface area contributed by atoms with Crippen LogP contribution >= 0.6 is 0 Å². The van der Waals surface area contributed by atoms with E-state index in [9.17, 15) is 14.0 Å². The van der Waals surface area contributed by atoms with Crippen LogP contribution in [0.25, 0.3) is 11.2 Å². The van der Waals surface area contributed by atoms with Crippen molar-refractivity contribution in [3.05, 3.63) is 58.4 Å². The van der Waals surface area contributed by atoms with Crippen molar-refractivity contribution >= 4 is 22.8 Å². The molecule has 2 aromatic heterocycles. The van der Waals surface area contributed by atoms with Crippen molar-refractivity contribution < 1.29 is 9.18 Å². The number of imidazole rings is 1. The molecule has 8 heteroatoms. The first kappa shape index (κ1) is 16.3. The topological polar surface area (TPSA) is 85.1 Å². The number of amides is 1. The third-order valence-corrected chi connectivity index (χ3v) is 4.70. The molecule has 1 saturated heterocycles. The second-order valence-corrected chi connectivity index (χ2v) is 6.44. The number of benzene rings is 1. The number of hydrogen-bond donors (Lipinski definition) is 2. The summed E-state index contributed by atoms with van der Waals surface area (Å²) in [6.07, 6.45) is 1.46.